The number of aliphatic hydroxyl groups is 1. The minimum absolute atomic E-state index is 0.0251. The third-order valence-corrected chi connectivity index (χ3v) is 3.86. The van der Waals surface area contributed by atoms with Crippen LogP contribution < -0.4 is 5.32 Å². The van der Waals surface area contributed by atoms with E-state index < -0.39 is 29.2 Å². The molecule has 1 fully saturated rings. The molecule has 1 aliphatic rings. The van der Waals surface area contributed by atoms with Gasteiger partial charge in [-0.05, 0) is 30.9 Å². The molecule has 0 spiro atoms. The molecule has 1 amide bonds. The van der Waals surface area contributed by atoms with Crippen molar-refractivity contribution < 1.29 is 18.7 Å². The van der Waals surface area contributed by atoms with Gasteiger partial charge in [-0.3, -0.25) is 4.79 Å². The van der Waals surface area contributed by atoms with E-state index in [9.17, 15) is 18.7 Å². The molecule has 1 atom stereocenters. The van der Waals surface area contributed by atoms with Crippen LogP contribution in [-0.4, -0.2) is 23.7 Å². The topological polar surface area (TPSA) is 49.3 Å². The average molecular weight is 283 g/mol. The fourth-order valence-corrected chi connectivity index (χ4v) is 2.69. The molecule has 1 aliphatic carbocycles. The first-order valence-electron chi connectivity index (χ1n) is 7.00. The lowest BCUT2D eigenvalue weighted by molar-refractivity contribution is 0.0734. The number of aliphatic hydroxyl groups excluding tert-OH is 1. The Bertz CT molecular complexity index is 453. The molecule has 1 unspecified atom stereocenters. The highest BCUT2D eigenvalue weighted by Crippen LogP contribution is 2.26. The minimum atomic E-state index is -0.894. The SMILES string of the molecule is O=C(NCC(O)C1CCCCC1)c1c(F)cccc1F. The molecule has 1 saturated carbocycles. The van der Waals surface area contributed by atoms with Gasteiger partial charge in [0.25, 0.3) is 5.91 Å². The maximum atomic E-state index is 13.4. The summed E-state index contributed by atoms with van der Waals surface area (Å²) in [7, 11) is 0. The Morgan fingerprint density at radius 2 is 1.85 bits per heavy atom. The molecule has 0 bridgehead atoms. The first-order valence-corrected chi connectivity index (χ1v) is 7.00. The maximum absolute atomic E-state index is 13.4. The second kappa shape index (κ2) is 6.79. The largest absolute Gasteiger partial charge is 0.391 e. The van der Waals surface area contributed by atoms with Crippen molar-refractivity contribution in [3.8, 4) is 0 Å². The van der Waals surface area contributed by atoms with Crippen molar-refractivity contribution in [2.24, 2.45) is 5.92 Å². The van der Waals surface area contributed by atoms with Crippen LogP contribution >= 0.6 is 0 Å². The highest BCUT2D eigenvalue weighted by molar-refractivity contribution is 5.94. The normalized spacial score (nSPS) is 17.8. The van der Waals surface area contributed by atoms with Crippen LogP contribution in [0.2, 0.25) is 0 Å². The van der Waals surface area contributed by atoms with Gasteiger partial charge in [-0.15, -0.1) is 0 Å². The lowest BCUT2D eigenvalue weighted by atomic mass is 9.85. The highest BCUT2D eigenvalue weighted by atomic mass is 19.1. The minimum Gasteiger partial charge on any atom is -0.391 e. The molecule has 0 heterocycles. The van der Waals surface area contributed by atoms with Crippen LogP contribution in [0.25, 0.3) is 0 Å². The van der Waals surface area contributed by atoms with Gasteiger partial charge in [0, 0.05) is 6.54 Å². The number of hydrogen-bond donors (Lipinski definition) is 2. The predicted molar refractivity (Wildman–Crippen MR) is 71.3 cm³/mol. The van der Waals surface area contributed by atoms with Crippen molar-refractivity contribution in [2.75, 3.05) is 6.54 Å². The van der Waals surface area contributed by atoms with Gasteiger partial charge in [0.15, 0.2) is 0 Å². The van der Waals surface area contributed by atoms with Gasteiger partial charge in [0.1, 0.15) is 17.2 Å². The zero-order chi connectivity index (χ0) is 14.5. The molecule has 20 heavy (non-hydrogen) atoms. The highest BCUT2D eigenvalue weighted by Gasteiger charge is 2.23. The van der Waals surface area contributed by atoms with Crippen LogP contribution in [-0.2, 0) is 0 Å². The van der Waals surface area contributed by atoms with Gasteiger partial charge in [0.2, 0.25) is 0 Å². The van der Waals surface area contributed by atoms with Crippen molar-refractivity contribution in [3.63, 3.8) is 0 Å². The Hall–Kier alpha value is -1.49. The quantitative estimate of drug-likeness (QED) is 0.892. The van der Waals surface area contributed by atoms with Crippen LogP contribution in [0, 0.1) is 17.6 Å². The summed E-state index contributed by atoms with van der Waals surface area (Å²) in [5, 5.41) is 12.4. The summed E-state index contributed by atoms with van der Waals surface area (Å²) in [6.07, 6.45) is 4.55. The molecule has 1 aromatic carbocycles. The second-order valence-electron chi connectivity index (χ2n) is 5.27. The lowest BCUT2D eigenvalue weighted by Gasteiger charge is -2.26. The van der Waals surface area contributed by atoms with E-state index in [1.54, 1.807) is 0 Å². The number of benzene rings is 1. The first-order chi connectivity index (χ1) is 9.59. The molecule has 5 heteroatoms. The van der Waals surface area contributed by atoms with Gasteiger partial charge in [-0.25, -0.2) is 8.78 Å². The number of halogens is 2. The molecule has 3 nitrogen and oxygen atoms in total. The first kappa shape index (κ1) is 14.9. The van der Waals surface area contributed by atoms with Crippen LogP contribution in [0.5, 0.6) is 0 Å². The summed E-state index contributed by atoms with van der Waals surface area (Å²) in [5.74, 6) is -2.45. The predicted octanol–water partition coefficient (Wildman–Crippen LogP) is 2.64. The van der Waals surface area contributed by atoms with E-state index in [0.29, 0.717) is 0 Å². The summed E-state index contributed by atoms with van der Waals surface area (Å²) in [5.41, 5.74) is -0.594. The van der Waals surface area contributed by atoms with E-state index in [4.69, 9.17) is 0 Å². The monoisotopic (exact) mass is 283 g/mol. The third kappa shape index (κ3) is 3.54. The summed E-state index contributed by atoms with van der Waals surface area (Å²) < 4.78 is 26.8. The van der Waals surface area contributed by atoms with Crippen molar-refractivity contribution in [2.45, 2.75) is 38.2 Å². The Balaban J connectivity index is 1.91. The molecule has 110 valence electrons. The summed E-state index contributed by atoms with van der Waals surface area (Å²) >= 11 is 0. The van der Waals surface area contributed by atoms with E-state index in [1.807, 2.05) is 0 Å². The van der Waals surface area contributed by atoms with Crippen molar-refractivity contribution in [1.29, 1.82) is 0 Å². The standard InChI is InChI=1S/C15H19F2NO2/c16-11-7-4-8-12(17)14(11)15(20)18-9-13(19)10-5-2-1-3-6-10/h4,7-8,10,13,19H,1-3,5-6,9H2,(H,18,20). The van der Waals surface area contributed by atoms with E-state index in [0.717, 1.165) is 37.8 Å². The van der Waals surface area contributed by atoms with Crippen molar-refractivity contribution in [1.82, 2.24) is 5.32 Å². The van der Waals surface area contributed by atoms with E-state index in [-0.39, 0.29) is 12.5 Å². The molecule has 0 radical (unpaired) electrons. The Labute approximate surface area is 117 Å². The molecule has 0 saturated heterocycles. The smallest absolute Gasteiger partial charge is 0.257 e. The summed E-state index contributed by atoms with van der Waals surface area (Å²) in [6, 6.07) is 3.28. The van der Waals surface area contributed by atoms with Crippen molar-refractivity contribution in [3.05, 3.63) is 35.4 Å². The Morgan fingerprint density at radius 3 is 2.45 bits per heavy atom. The van der Waals surface area contributed by atoms with Gasteiger partial charge in [0.05, 0.1) is 6.10 Å². The lowest BCUT2D eigenvalue weighted by Crippen LogP contribution is -2.37. The zero-order valence-electron chi connectivity index (χ0n) is 11.2. The number of nitrogens with one attached hydrogen (secondary N) is 1. The average Bonchev–Trinajstić information content (AvgIpc) is 2.45. The van der Waals surface area contributed by atoms with E-state index in [2.05, 4.69) is 5.32 Å². The number of hydrogen-bond acceptors (Lipinski definition) is 2. The van der Waals surface area contributed by atoms with Gasteiger partial charge in [-0.1, -0.05) is 25.3 Å². The zero-order valence-corrected chi connectivity index (χ0v) is 11.2. The van der Waals surface area contributed by atoms with E-state index >= 15 is 0 Å². The summed E-state index contributed by atoms with van der Waals surface area (Å²) in [4.78, 5) is 11.8. The van der Waals surface area contributed by atoms with Crippen LogP contribution in [0.1, 0.15) is 42.5 Å². The number of carbonyl (C=O) groups excluding carboxylic acids is 1. The fraction of sp³-hybridized carbons (Fsp3) is 0.533. The number of amides is 1. The second-order valence-corrected chi connectivity index (χ2v) is 5.27. The van der Waals surface area contributed by atoms with E-state index in [1.165, 1.54) is 12.5 Å². The molecular weight excluding hydrogens is 264 g/mol. The number of carbonyl (C=O) groups is 1. The number of rotatable bonds is 4. The molecule has 1 aromatic rings. The molecular formula is C15H19F2NO2. The Kier molecular flexibility index (Phi) is 5.06. The summed E-state index contributed by atoms with van der Waals surface area (Å²) in [6.45, 7) is 0.0251. The van der Waals surface area contributed by atoms with Crippen molar-refractivity contribution >= 4 is 5.91 Å². The maximum Gasteiger partial charge on any atom is 0.257 e. The molecule has 0 aromatic heterocycles. The molecule has 2 rings (SSSR count). The fourth-order valence-electron chi connectivity index (χ4n) is 2.69. The Morgan fingerprint density at radius 1 is 1.25 bits per heavy atom. The van der Waals surface area contributed by atoms with Crippen LogP contribution in [0.3, 0.4) is 0 Å². The van der Waals surface area contributed by atoms with Gasteiger partial charge >= 0.3 is 0 Å². The van der Waals surface area contributed by atoms with Crippen LogP contribution in [0.4, 0.5) is 8.78 Å². The third-order valence-electron chi connectivity index (χ3n) is 3.86. The van der Waals surface area contributed by atoms with Gasteiger partial charge < -0.3 is 10.4 Å². The molecule has 2 N–H and O–H groups in total. The van der Waals surface area contributed by atoms with Crippen LogP contribution in [0.15, 0.2) is 18.2 Å². The van der Waals surface area contributed by atoms with Gasteiger partial charge in [-0.2, -0.15) is 0 Å². The molecule has 0 aliphatic heterocycles.